The first kappa shape index (κ1) is 13.7. The third kappa shape index (κ3) is 2.98. The summed E-state index contributed by atoms with van der Waals surface area (Å²) in [5.41, 5.74) is 0.134. The smallest absolute Gasteiger partial charge is 0.248 e. The van der Waals surface area contributed by atoms with Gasteiger partial charge in [0, 0.05) is 23.4 Å². The van der Waals surface area contributed by atoms with E-state index in [1.165, 1.54) is 12.1 Å². The zero-order valence-corrected chi connectivity index (χ0v) is 10.4. The molecule has 0 aliphatic heterocycles. The van der Waals surface area contributed by atoms with Crippen molar-refractivity contribution < 1.29 is 18.3 Å². The van der Waals surface area contributed by atoms with E-state index in [2.05, 4.69) is 0 Å². The molecule has 1 N–H and O–H groups in total. The van der Waals surface area contributed by atoms with Crippen LogP contribution in [-0.4, -0.2) is 11.0 Å². The molecule has 0 spiro atoms. The van der Waals surface area contributed by atoms with Crippen LogP contribution in [0.2, 0.25) is 5.02 Å². The van der Waals surface area contributed by atoms with Crippen molar-refractivity contribution in [1.29, 1.82) is 0 Å². The molecule has 0 radical (unpaired) electrons. The van der Waals surface area contributed by atoms with Crippen molar-refractivity contribution in [3.8, 4) is 0 Å². The van der Waals surface area contributed by atoms with E-state index in [1.807, 2.05) is 0 Å². The van der Waals surface area contributed by atoms with Crippen LogP contribution >= 0.6 is 11.6 Å². The molecule has 1 aliphatic rings. The monoisotopic (exact) mass is 278 g/mol. The van der Waals surface area contributed by atoms with Crippen LogP contribution in [0.5, 0.6) is 0 Å². The quantitative estimate of drug-likeness (QED) is 0.853. The zero-order valence-electron chi connectivity index (χ0n) is 9.67. The van der Waals surface area contributed by atoms with Crippen LogP contribution in [0.1, 0.15) is 37.4 Å². The Morgan fingerprint density at radius 3 is 2.44 bits per heavy atom. The fourth-order valence-corrected chi connectivity index (χ4v) is 2.53. The fourth-order valence-electron chi connectivity index (χ4n) is 2.37. The Kier molecular flexibility index (Phi) is 3.87. The van der Waals surface area contributed by atoms with Gasteiger partial charge in [0.2, 0.25) is 5.92 Å². The molecule has 0 heterocycles. The molecular weight excluding hydrogens is 265 g/mol. The Morgan fingerprint density at radius 1 is 1.28 bits per heavy atom. The maximum absolute atomic E-state index is 13.6. The number of aliphatic hydroxyl groups excluding tert-OH is 1. The summed E-state index contributed by atoms with van der Waals surface area (Å²) < 4.78 is 39.6. The van der Waals surface area contributed by atoms with Crippen LogP contribution in [0.3, 0.4) is 0 Å². The van der Waals surface area contributed by atoms with E-state index in [1.54, 1.807) is 0 Å². The van der Waals surface area contributed by atoms with Crippen molar-refractivity contribution in [1.82, 2.24) is 0 Å². The molecule has 2 rings (SSSR count). The Hall–Kier alpha value is -0.740. The third-order valence-corrected chi connectivity index (χ3v) is 3.72. The van der Waals surface area contributed by atoms with Crippen molar-refractivity contribution in [2.24, 2.45) is 5.92 Å². The summed E-state index contributed by atoms with van der Waals surface area (Å²) in [7, 11) is 0. The second-order valence-electron chi connectivity index (χ2n) is 4.80. The van der Waals surface area contributed by atoms with E-state index in [-0.39, 0.29) is 42.2 Å². The number of hydrogen-bond acceptors (Lipinski definition) is 1. The maximum Gasteiger partial charge on any atom is 0.248 e. The van der Waals surface area contributed by atoms with Crippen molar-refractivity contribution in [2.75, 3.05) is 0 Å². The highest BCUT2D eigenvalue weighted by Gasteiger charge is 2.38. The van der Waals surface area contributed by atoms with Crippen molar-refractivity contribution in [3.63, 3.8) is 0 Å². The molecule has 1 aromatic rings. The van der Waals surface area contributed by atoms with Crippen LogP contribution in [0.4, 0.5) is 13.2 Å². The minimum absolute atomic E-state index is 0.134. The molecule has 0 amide bonds. The molecule has 1 fully saturated rings. The lowest BCUT2D eigenvalue weighted by Gasteiger charge is -2.31. The molecule has 1 saturated carbocycles. The first-order valence-corrected chi connectivity index (χ1v) is 6.28. The molecule has 0 bridgehead atoms. The number of rotatable bonds is 2. The molecule has 1 atom stereocenters. The topological polar surface area (TPSA) is 20.2 Å². The van der Waals surface area contributed by atoms with E-state index in [9.17, 15) is 18.3 Å². The Bertz CT molecular complexity index is 426. The zero-order chi connectivity index (χ0) is 13.3. The van der Waals surface area contributed by atoms with Gasteiger partial charge in [-0.1, -0.05) is 17.7 Å². The van der Waals surface area contributed by atoms with Gasteiger partial charge in [-0.15, -0.1) is 0 Å². The van der Waals surface area contributed by atoms with Crippen LogP contribution in [0.15, 0.2) is 18.2 Å². The summed E-state index contributed by atoms with van der Waals surface area (Å²) in [5.74, 6) is -3.55. The molecule has 0 aromatic heterocycles. The first-order chi connectivity index (χ1) is 8.39. The molecule has 0 saturated heterocycles. The SMILES string of the molecule is OC(c1ccc(Cl)cc1F)C1CCC(F)(F)CC1. The van der Waals surface area contributed by atoms with Gasteiger partial charge in [0.05, 0.1) is 6.10 Å². The molecule has 1 unspecified atom stereocenters. The predicted octanol–water partition coefficient (Wildman–Crippen LogP) is 4.34. The van der Waals surface area contributed by atoms with Crippen molar-refractivity contribution in [3.05, 3.63) is 34.6 Å². The standard InChI is InChI=1S/C13H14ClF3O/c14-9-1-2-10(11(15)7-9)12(18)8-3-5-13(16,17)6-4-8/h1-2,7-8,12,18H,3-6H2. The van der Waals surface area contributed by atoms with E-state index in [4.69, 9.17) is 11.6 Å². The molecule has 1 aliphatic carbocycles. The summed E-state index contributed by atoms with van der Waals surface area (Å²) in [5, 5.41) is 10.3. The van der Waals surface area contributed by atoms with Crippen LogP contribution in [0, 0.1) is 11.7 Å². The minimum Gasteiger partial charge on any atom is -0.388 e. The number of hydrogen-bond donors (Lipinski definition) is 1. The summed E-state index contributed by atoms with van der Waals surface area (Å²) in [4.78, 5) is 0. The molecule has 5 heteroatoms. The van der Waals surface area contributed by atoms with Crippen LogP contribution in [0.25, 0.3) is 0 Å². The van der Waals surface area contributed by atoms with Gasteiger partial charge in [-0.3, -0.25) is 0 Å². The number of alkyl halides is 2. The number of benzene rings is 1. The molecule has 1 aromatic carbocycles. The van der Waals surface area contributed by atoms with Crippen LogP contribution < -0.4 is 0 Å². The number of aliphatic hydroxyl groups is 1. The first-order valence-electron chi connectivity index (χ1n) is 5.90. The molecular formula is C13H14ClF3O. The molecule has 18 heavy (non-hydrogen) atoms. The highest BCUT2D eigenvalue weighted by Crippen LogP contribution is 2.41. The average Bonchev–Trinajstić information content (AvgIpc) is 2.28. The Balaban J connectivity index is 2.10. The van der Waals surface area contributed by atoms with Gasteiger partial charge in [-0.05, 0) is 30.9 Å². The normalized spacial score (nSPS) is 21.8. The largest absolute Gasteiger partial charge is 0.388 e. The highest BCUT2D eigenvalue weighted by molar-refractivity contribution is 6.30. The van der Waals surface area contributed by atoms with Gasteiger partial charge in [-0.25, -0.2) is 13.2 Å². The van der Waals surface area contributed by atoms with Crippen molar-refractivity contribution in [2.45, 2.75) is 37.7 Å². The summed E-state index contributed by atoms with van der Waals surface area (Å²) in [6, 6.07) is 4.02. The third-order valence-electron chi connectivity index (χ3n) is 3.49. The predicted molar refractivity (Wildman–Crippen MR) is 63.3 cm³/mol. The van der Waals surface area contributed by atoms with Gasteiger partial charge >= 0.3 is 0 Å². The second kappa shape index (κ2) is 5.10. The maximum atomic E-state index is 13.6. The minimum atomic E-state index is -2.64. The molecule has 100 valence electrons. The van der Waals surface area contributed by atoms with E-state index in [0.29, 0.717) is 0 Å². The second-order valence-corrected chi connectivity index (χ2v) is 5.24. The van der Waals surface area contributed by atoms with Gasteiger partial charge in [-0.2, -0.15) is 0 Å². The lowest BCUT2D eigenvalue weighted by molar-refractivity contribution is -0.0630. The van der Waals surface area contributed by atoms with E-state index >= 15 is 0 Å². The van der Waals surface area contributed by atoms with Gasteiger partial charge in [0.25, 0.3) is 0 Å². The summed E-state index contributed by atoms with van der Waals surface area (Å²) in [6.07, 6.45) is -1.13. The lowest BCUT2D eigenvalue weighted by Crippen LogP contribution is -2.28. The number of halogens is 4. The summed E-state index contributed by atoms with van der Waals surface area (Å²) >= 11 is 5.62. The highest BCUT2D eigenvalue weighted by atomic mass is 35.5. The molecule has 1 nitrogen and oxygen atoms in total. The van der Waals surface area contributed by atoms with Gasteiger partial charge < -0.3 is 5.11 Å². The van der Waals surface area contributed by atoms with Crippen molar-refractivity contribution >= 4 is 11.6 Å². The van der Waals surface area contributed by atoms with Crippen LogP contribution in [-0.2, 0) is 0 Å². The fraction of sp³-hybridized carbons (Fsp3) is 0.538. The van der Waals surface area contributed by atoms with Gasteiger partial charge in [0.15, 0.2) is 0 Å². The van der Waals surface area contributed by atoms with E-state index < -0.39 is 17.8 Å². The van der Waals surface area contributed by atoms with Gasteiger partial charge in [0.1, 0.15) is 5.82 Å². The Labute approximate surface area is 109 Å². The Morgan fingerprint density at radius 2 is 1.89 bits per heavy atom. The van der Waals surface area contributed by atoms with E-state index in [0.717, 1.165) is 6.07 Å². The summed E-state index contributed by atoms with van der Waals surface area (Å²) in [6.45, 7) is 0. The lowest BCUT2D eigenvalue weighted by atomic mass is 9.81. The average molecular weight is 279 g/mol.